The van der Waals surface area contributed by atoms with Gasteiger partial charge in [0, 0.05) is 25.0 Å². The Morgan fingerprint density at radius 3 is 2.84 bits per heavy atom. The van der Waals surface area contributed by atoms with Gasteiger partial charge in [0.15, 0.2) is 0 Å². The molecule has 1 saturated heterocycles. The van der Waals surface area contributed by atoms with E-state index in [1.807, 2.05) is 38.1 Å². The Balaban J connectivity index is 1.85. The molecule has 2 heterocycles. The second kappa shape index (κ2) is 8.60. The Labute approximate surface area is 152 Å². The van der Waals surface area contributed by atoms with Crippen molar-refractivity contribution in [1.29, 1.82) is 0 Å². The molecule has 0 bridgehead atoms. The van der Waals surface area contributed by atoms with Gasteiger partial charge in [-0.25, -0.2) is 9.97 Å². The van der Waals surface area contributed by atoms with E-state index in [1.165, 1.54) is 11.8 Å². The van der Waals surface area contributed by atoms with Gasteiger partial charge in [-0.05, 0) is 19.9 Å². The van der Waals surface area contributed by atoms with Crippen LogP contribution in [-0.4, -0.2) is 58.9 Å². The van der Waals surface area contributed by atoms with E-state index in [4.69, 9.17) is 14.7 Å². The zero-order valence-electron chi connectivity index (χ0n) is 14.7. The summed E-state index contributed by atoms with van der Waals surface area (Å²) in [7, 11) is 0. The van der Waals surface area contributed by atoms with Crippen LogP contribution in [0.4, 0.5) is 0 Å². The van der Waals surface area contributed by atoms with E-state index in [2.05, 4.69) is 10.2 Å². The first kappa shape index (κ1) is 18.1. The van der Waals surface area contributed by atoms with Crippen LogP contribution < -0.4 is 5.32 Å². The van der Waals surface area contributed by atoms with Crippen LogP contribution >= 0.6 is 11.8 Å². The SMILES string of the molecule is CCNC(=O)C(C)Sc1nc(CN2CCOCC2)nc2ccccc12. The number of nitrogens with one attached hydrogen (secondary N) is 1. The number of thioether (sulfide) groups is 1. The first-order chi connectivity index (χ1) is 12.2. The van der Waals surface area contributed by atoms with E-state index >= 15 is 0 Å². The number of nitrogens with zero attached hydrogens (tertiary/aromatic N) is 3. The number of aromatic nitrogens is 2. The summed E-state index contributed by atoms with van der Waals surface area (Å²) in [5.74, 6) is 0.830. The van der Waals surface area contributed by atoms with E-state index in [1.54, 1.807) is 0 Å². The van der Waals surface area contributed by atoms with Crippen molar-refractivity contribution in [3.8, 4) is 0 Å². The molecule has 2 aromatic rings. The van der Waals surface area contributed by atoms with Crippen molar-refractivity contribution in [2.75, 3.05) is 32.8 Å². The molecule has 25 heavy (non-hydrogen) atoms. The number of para-hydroxylation sites is 1. The van der Waals surface area contributed by atoms with Crippen LogP contribution in [0.1, 0.15) is 19.7 Å². The average Bonchev–Trinajstić information content (AvgIpc) is 2.63. The van der Waals surface area contributed by atoms with Gasteiger partial charge in [-0.1, -0.05) is 30.0 Å². The van der Waals surface area contributed by atoms with Crippen molar-refractivity contribution in [2.24, 2.45) is 0 Å². The number of morpholine rings is 1. The Morgan fingerprint density at radius 1 is 1.32 bits per heavy atom. The van der Waals surface area contributed by atoms with E-state index in [-0.39, 0.29) is 11.2 Å². The topological polar surface area (TPSA) is 67.4 Å². The summed E-state index contributed by atoms with van der Waals surface area (Å²) in [5, 5.41) is 4.53. The smallest absolute Gasteiger partial charge is 0.233 e. The number of hydrogen-bond donors (Lipinski definition) is 1. The molecule has 1 N–H and O–H groups in total. The maximum atomic E-state index is 12.1. The number of carbonyl (C=O) groups excluding carboxylic acids is 1. The second-order valence-electron chi connectivity index (χ2n) is 6.01. The van der Waals surface area contributed by atoms with Gasteiger partial charge in [-0.15, -0.1) is 0 Å². The summed E-state index contributed by atoms with van der Waals surface area (Å²) < 4.78 is 5.40. The fraction of sp³-hybridized carbons (Fsp3) is 0.500. The Bertz CT molecular complexity index is 734. The maximum Gasteiger partial charge on any atom is 0.233 e. The predicted molar refractivity (Wildman–Crippen MR) is 99.6 cm³/mol. The normalized spacial score (nSPS) is 16.7. The predicted octanol–water partition coefficient (Wildman–Crippen LogP) is 2.08. The van der Waals surface area contributed by atoms with Gasteiger partial charge in [-0.2, -0.15) is 0 Å². The number of benzene rings is 1. The molecule has 1 unspecified atom stereocenters. The number of rotatable bonds is 6. The minimum Gasteiger partial charge on any atom is -0.379 e. The lowest BCUT2D eigenvalue weighted by molar-refractivity contribution is -0.120. The molecule has 6 nitrogen and oxygen atoms in total. The fourth-order valence-electron chi connectivity index (χ4n) is 2.75. The van der Waals surface area contributed by atoms with Gasteiger partial charge in [0.1, 0.15) is 10.9 Å². The van der Waals surface area contributed by atoms with E-state index in [9.17, 15) is 4.79 Å². The van der Waals surface area contributed by atoms with Crippen molar-refractivity contribution in [3.63, 3.8) is 0 Å². The zero-order chi connectivity index (χ0) is 17.6. The van der Waals surface area contributed by atoms with Crippen LogP contribution in [0, 0.1) is 0 Å². The molecule has 1 aliphatic rings. The molecular formula is C18H24N4O2S. The lowest BCUT2D eigenvalue weighted by Crippen LogP contribution is -2.36. The highest BCUT2D eigenvalue weighted by molar-refractivity contribution is 8.00. The number of ether oxygens (including phenoxy) is 1. The highest BCUT2D eigenvalue weighted by Gasteiger charge is 2.18. The lowest BCUT2D eigenvalue weighted by Gasteiger charge is -2.26. The molecule has 3 rings (SSSR count). The van der Waals surface area contributed by atoms with Crippen LogP contribution in [0.5, 0.6) is 0 Å². The minimum absolute atomic E-state index is 0.0323. The van der Waals surface area contributed by atoms with Crippen LogP contribution in [0.25, 0.3) is 10.9 Å². The summed E-state index contributed by atoms with van der Waals surface area (Å²) in [5.41, 5.74) is 0.923. The van der Waals surface area contributed by atoms with E-state index < -0.39 is 0 Å². The van der Waals surface area contributed by atoms with Crippen molar-refractivity contribution in [2.45, 2.75) is 30.7 Å². The third-order valence-corrected chi connectivity index (χ3v) is 5.19. The molecule has 1 aliphatic heterocycles. The van der Waals surface area contributed by atoms with Gasteiger partial charge in [-0.3, -0.25) is 9.69 Å². The summed E-state index contributed by atoms with van der Waals surface area (Å²) in [6.45, 7) is 8.48. The molecule has 0 spiro atoms. The summed E-state index contributed by atoms with van der Waals surface area (Å²) in [6.07, 6.45) is 0. The van der Waals surface area contributed by atoms with E-state index in [0.717, 1.165) is 48.1 Å². The molecule has 7 heteroatoms. The first-order valence-electron chi connectivity index (χ1n) is 8.67. The lowest BCUT2D eigenvalue weighted by atomic mass is 10.2. The molecule has 1 amide bonds. The standard InChI is InChI=1S/C18H24N4O2S/c1-3-19-17(23)13(2)25-18-14-6-4-5-7-15(14)20-16(21-18)12-22-8-10-24-11-9-22/h4-7,13H,3,8-12H2,1-2H3,(H,19,23). The molecule has 0 saturated carbocycles. The summed E-state index contributed by atoms with van der Waals surface area (Å²) in [4.78, 5) is 23.9. The quantitative estimate of drug-likeness (QED) is 0.628. The number of fused-ring (bicyclic) bond motifs is 1. The van der Waals surface area contributed by atoms with Crippen molar-refractivity contribution >= 4 is 28.6 Å². The molecule has 1 aromatic heterocycles. The van der Waals surface area contributed by atoms with Crippen LogP contribution in [0.2, 0.25) is 0 Å². The van der Waals surface area contributed by atoms with Crippen LogP contribution in [0.3, 0.4) is 0 Å². The van der Waals surface area contributed by atoms with E-state index in [0.29, 0.717) is 13.1 Å². The van der Waals surface area contributed by atoms with Crippen LogP contribution in [0.15, 0.2) is 29.3 Å². The van der Waals surface area contributed by atoms with Crippen LogP contribution in [-0.2, 0) is 16.1 Å². The van der Waals surface area contributed by atoms with Gasteiger partial charge in [0.05, 0.1) is 30.5 Å². The number of amides is 1. The first-order valence-corrected chi connectivity index (χ1v) is 9.55. The van der Waals surface area contributed by atoms with Crippen molar-refractivity contribution < 1.29 is 9.53 Å². The van der Waals surface area contributed by atoms with Gasteiger partial charge >= 0.3 is 0 Å². The van der Waals surface area contributed by atoms with Gasteiger partial charge < -0.3 is 10.1 Å². The zero-order valence-corrected chi connectivity index (χ0v) is 15.5. The Kier molecular flexibility index (Phi) is 6.23. The molecule has 1 fully saturated rings. The molecule has 0 radical (unpaired) electrons. The third-order valence-electron chi connectivity index (χ3n) is 4.09. The third kappa shape index (κ3) is 4.68. The molecule has 1 atom stereocenters. The van der Waals surface area contributed by atoms with Crippen molar-refractivity contribution in [1.82, 2.24) is 20.2 Å². The minimum atomic E-state index is -0.200. The highest BCUT2D eigenvalue weighted by Crippen LogP contribution is 2.29. The maximum absolute atomic E-state index is 12.1. The largest absolute Gasteiger partial charge is 0.379 e. The molecule has 1 aromatic carbocycles. The number of hydrogen-bond acceptors (Lipinski definition) is 6. The fourth-order valence-corrected chi connectivity index (χ4v) is 3.74. The molecule has 134 valence electrons. The second-order valence-corrected chi connectivity index (χ2v) is 7.33. The average molecular weight is 360 g/mol. The monoisotopic (exact) mass is 360 g/mol. The number of carbonyl (C=O) groups is 1. The summed E-state index contributed by atoms with van der Waals surface area (Å²) in [6, 6.07) is 7.98. The molecular weight excluding hydrogens is 336 g/mol. The van der Waals surface area contributed by atoms with Gasteiger partial charge in [0.2, 0.25) is 5.91 Å². The Morgan fingerprint density at radius 2 is 2.08 bits per heavy atom. The highest BCUT2D eigenvalue weighted by atomic mass is 32.2. The summed E-state index contributed by atoms with van der Waals surface area (Å²) >= 11 is 1.49. The molecule has 0 aliphatic carbocycles. The van der Waals surface area contributed by atoms with Gasteiger partial charge in [0.25, 0.3) is 0 Å². The van der Waals surface area contributed by atoms with Crippen molar-refractivity contribution in [3.05, 3.63) is 30.1 Å². The Hall–Kier alpha value is -1.70.